The lowest BCUT2D eigenvalue weighted by Gasteiger charge is -2.30. The summed E-state index contributed by atoms with van der Waals surface area (Å²) in [6, 6.07) is 16.0. The van der Waals surface area contributed by atoms with Crippen LogP contribution < -0.4 is 56.8 Å². The first-order valence-corrected chi connectivity index (χ1v) is 17.4. The van der Waals surface area contributed by atoms with Crippen LogP contribution in [0.25, 0.3) is 0 Å². The highest BCUT2D eigenvalue weighted by atomic mass is 16.5. The highest BCUT2D eigenvalue weighted by Gasteiger charge is 2.29. The van der Waals surface area contributed by atoms with Gasteiger partial charge in [-0.15, -0.1) is 0 Å². The fourth-order valence-electron chi connectivity index (χ4n) is 7.01. The third-order valence-electron chi connectivity index (χ3n) is 9.62. The van der Waals surface area contributed by atoms with Crippen LogP contribution in [0.5, 0.6) is 69.0 Å². The topological polar surface area (TPSA) is 111 Å². The second kappa shape index (κ2) is 19.5. The smallest absolute Gasteiger partial charge is 0.203 e. The molecular formula is C42H54O12. The second-order valence-electron chi connectivity index (χ2n) is 12.4. The Balaban J connectivity index is 1.97. The third-order valence-corrected chi connectivity index (χ3v) is 9.62. The van der Waals surface area contributed by atoms with E-state index in [1.54, 1.807) is 85.3 Å². The van der Waals surface area contributed by atoms with Gasteiger partial charge in [0, 0.05) is 0 Å². The standard InChI is InChI=1S/C42H54O12/c1-43-31-17-25(18-32(44-2)39(31)51-9)13-14-28(15-26-19-33(45-3)40(52-10)34(20-26)46-4)30(29-23-37(49-7)42(54-12)38(24-29)50-8)16-27-21-35(47-5)41(53-11)36(22-27)48-6/h17-24,28,30H,13-16H2,1-12H3/t28-,30-/m0/s1. The largest absolute Gasteiger partial charge is 0.493 e. The second-order valence-corrected chi connectivity index (χ2v) is 12.4. The zero-order valence-corrected chi connectivity index (χ0v) is 33.5. The van der Waals surface area contributed by atoms with Crippen molar-refractivity contribution in [2.45, 2.75) is 31.6 Å². The van der Waals surface area contributed by atoms with Crippen molar-refractivity contribution < 1.29 is 56.8 Å². The van der Waals surface area contributed by atoms with Crippen LogP contribution in [-0.2, 0) is 19.3 Å². The Labute approximate surface area is 319 Å². The van der Waals surface area contributed by atoms with Gasteiger partial charge in [-0.05, 0) is 108 Å². The number of hydrogen-bond donors (Lipinski definition) is 0. The van der Waals surface area contributed by atoms with Gasteiger partial charge in [-0.3, -0.25) is 0 Å². The van der Waals surface area contributed by atoms with E-state index in [0.717, 1.165) is 28.7 Å². The maximum absolute atomic E-state index is 5.86. The molecule has 0 N–H and O–H groups in total. The summed E-state index contributed by atoms with van der Waals surface area (Å²) in [6.45, 7) is 0. The lowest BCUT2D eigenvalue weighted by atomic mass is 9.75. The predicted octanol–water partition coefficient (Wildman–Crippen LogP) is 7.61. The number of aryl methyl sites for hydroxylation is 1. The maximum atomic E-state index is 5.86. The summed E-state index contributed by atoms with van der Waals surface area (Å²) >= 11 is 0. The van der Waals surface area contributed by atoms with Gasteiger partial charge in [-0.2, -0.15) is 0 Å². The van der Waals surface area contributed by atoms with Crippen LogP contribution in [0.3, 0.4) is 0 Å². The molecule has 0 radical (unpaired) electrons. The molecule has 0 aliphatic heterocycles. The lowest BCUT2D eigenvalue weighted by molar-refractivity contribution is 0.318. The molecule has 0 unspecified atom stereocenters. The average molecular weight is 751 g/mol. The Hall–Kier alpha value is -5.52. The molecule has 2 atom stereocenters. The zero-order valence-electron chi connectivity index (χ0n) is 33.5. The number of hydrogen-bond acceptors (Lipinski definition) is 12. The average Bonchev–Trinajstić information content (AvgIpc) is 3.22. The molecule has 0 aromatic heterocycles. The quantitative estimate of drug-likeness (QED) is 0.0836. The fourth-order valence-corrected chi connectivity index (χ4v) is 7.01. The van der Waals surface area contributed by atoms with Crippen molar-refractivity contribution in [1.29, 1.82) is 0 Å². The molecule has 4 rings (SSSR count). The van der Waals surface area contributed by atoms with Gasteiger partial charge in [0.15, 0.2) is 46.0 Å². The van der Waals surface area contributed by atoms with E-state index in [9.17, 15) is 0 Å². The minimum absolute atomic E-state index is 0.00574. The first kappa shape index (κ1) is 41.2. The van der Waals surface area contributed by atoms with Crippen LogP contribution >= 0.6 is 0 Å². The molecule has 4 aromatic carbocycles. The van der Waals surface area contributed by atoms with Gasteiger partial charge < -0.3 is 56.8 Å². The number of ether oxygens (including phenoxy) is 12. The molecule has 0 saturated carbocycles. The highest BCUT2D eigenvalue weighted by Crippen LogP contribution is 2.47. The summed E-state index contributed by atoms with van der Waals surface area (Å²) in [6.07, 6.45) is 2.63. The summed E-state index contributed by atoms with van der Waals surface area (Å²) in [5.74, 6) is 6.52. The Morgan fingerprint density at radius 1 is 0.333 bits per heavy atom. The van der Waals surface area contributed by atoms with E-state index in [-0.39, 0.29) is 11.8 Å². The Kier molecular flexibility index (Phi) is 14.9. The van der Waals surface area contributed by atoms with E-state index in [1.165, 1.54) is 0 Å². The molecule has 0 aliphatic rings. The molecule has 0 spiro atoms. The van der Waals surface area contributed by atoms with Crippen molar-refractivity contribution in [3.05, 3.63) is 70.8 Å². The molecule has 12 heteroatoms. The minimum Gasteiger partial charge on any atom is -0.493 e. The van der Waals surface area contributed by atoms with Crippen molar-refractivity contribution >= 4 is 0 Å². The molecular weight excluding hydrogens is 696 g/mol. The van der Waals surface area contributed by atoms with Gasteiger partial charge in [0.2, 0.25) is 23.0 Å². The molecule has 294 valence electrons. The van der Waals surface area contributed by atoms with E-state index in [2.05, 4.69) is 0 Å². The van der Waals surface area contributed by atoms with E-state index < -0.39 is 0 Å². The Bertz CT molecular complexity index is 1740. The molecule has 0 fully saturated rings. The van der Waals surface area contributed by atoms with Gasteiger partial charge in [-0.1, -0.05) is 0 Å². The first-order valence-electron chi connectivity index (χ1n) is 17.4. The predicted molar refractivity (Wildman–Crippen MR) is 206 cm³/mol. The monoisotopic (exact) mass is 750 g/mol. The molecule has 0 saturated heterocycles. The summed E-state index contributed by atoms with van der Waals surface area (Å²) in [7, 11) is 19.3. The van der Waals surface area contributed by atoms with E-state index in [4.69, 9.17) is 56.8 Å². The van der Waals surface area contributed by atoms with Crippen molar-refractivity contribution in [3.63, 3.8) is 0 Å². The Morgan fingerprint density at radius 2 is 0.611 bits per heavy atom. The molecule has 54 heavy (non-hydrogen) atoms. The summed E-state index contributed by atoms with van der Waals surface area (Å²) in [5, 5.41) is 0. The summed E-state index contributed by atoms with van der Waals surface area (Å²) in [4.78, 5) is 0. The van der Waals surface area contributed by atoms with Gasteiger partial charge >= 0.3 is 0 Å². The zero-order chi connectivity index (χ0) is 39.4. The molecule has 0 heterocycles. The molecule has 0 bridgehead atoms. The highest BCUT2D eigenvalue weighted by molar-refractivity contribution is 5.58. The number of methoxy groups -OCH3 is 12. The molecule has 0 amide bonds. The Morgan fingerprint density at radius 3 is 0.907 bits per heavy atom. The maximum Gasteiger partial charge on any atom is 0.203 e. The van der Waals surface area contributed by atoms with Gasteiger partial charge in [0.25, 0.3) is 0 Å². The van der Waals surface area contributed by atoms with Crippen LogP contribution in [-0.4, -0.2) is 85.3 Å². The summed E-state index contributed by atoms with van der Waals surface area (Å²) in [5.41, 5.74) is 3.99. The van der Waals surface area contributed by atoms with E-state index >= 15 is 0 Å². The number of rotatable bonds is 21. The van der Waals surface area contributed by atoms with Crippen LogP contribution in [0.2, 0.25) is 0 Å². The van der Waals surface area contributed by atoms with Gasteiger partial charge in [0.05, 0.1) is 85.3 Å². The lowest BCUT2D eigenvalue weighted by Crippen LogP contribution is -2.20. The van der Waals surface area contributed by atoms with Crippen LogP contribution in [0, 0.1) is 5.92 Å². The van der Waals surface area contributed by atoms with Crippen molar-refractivity contribution in [3.8, 4) is 69.0 Å². The number of benzene rings is 4. The van der Waals surface area contributed by atoms with Crippen molar-refractivity contribution in [1.82, 2.24) is 0 Å². The van der Waals surface area contributed by atoms with Crippen LogP contribution in [0.15, 0.2) is 48.5 Å². The van der Waals surface area contributed by atoms with Crippen LogP contribution in [0.4, 0.5) is 0 Å². The van der Waals surface area contributed by atoms with Gasteiger partial charge in [-0.25, -0.2) is 0 Å². The van der Waals surface area contributed by atoms with Crippen LogP contribution in [0.1, 0.15) is 34.6 Å². The summed E-state index contributed by atoms with van der Waals surface area (Å²) < 4.78 is 68.9. The normalized spacial score (nSPS) is 11.9. The fraction of sp³-hybridized carbons (Fsp3) is 0.429. The third kappa shape index (κ3) is 8.98. The molecule has 12 nitrogen and oxygen atoms in total. The van der Waals surface area contributed by atoms with Crippen molar-refractivity contribution in [2.75, 3.05) is 85.3 Å². The SMILES string of the molecule is COc1cc(CC[C@@H](Cc2cc(OC)c(OC)c(OC)c2)[C@H](Cc2cc(OC)c(OC)c(OC)c2)c2cc(OC)c(OC)c(OC)c2)cc(OC)c1OC. The minimum atomic E-state index is -0.123. The first-order chi connectivity index (χ1) is 26.2. The molecule has 4 aromatic rings. The van der Waals surface area contributed by atoms with Crippen molar-refractivity contribution in [2.24, 2.45) is 5.92 Å². The molecule has 0 aliphatic carbocycles. The van der Waals surface area contributed by atoms with E-state index in [1.807, 2.05) is 48.5 Å². The van der Waals surface area contributed by atoms with E-state index in [0.29, 0.717) is 88.3 Å². The van der Waals surface area contributed by atoms with Gasteiger partial charge in [0.1, 0.15) is 0 Å².